The molecule has 1 aromatic carbocycles. The summed E-state index contributed by atoms with van der Waals surface area (Å²) >= 11 is 0. The van der Waals surface area contributed by atoms with Crippen molar-refractivity contribution in [3.63, 3.8) is 0 Å². The van der Waals surface area contributed by atoms with Crippen LogP contribution in [0.3, 0.4) is 0 Å². The van der Waals surface area contributed by atoms with E-state index < -0.39 is 0 Å². The minimum Gasteiger partial charge on any atom is -0.396 e. The van der Waals surface area contributed by atoms with E-state index in [1.807, 2.05) is 4.90 Å². The molecule has 2 rings (SSSR count). The second-order valence-corrected chi connectivity index (χ2v) is 4.30. The van der Waals surface area contributed by atoms with Crippen molar-refractivity contribution in [3.8, 4) is 0 Å². The first-order valence-corrected chi connectivity index (χ1v) is 5.56. The Morgan fingerprint density at radius 1 is 1.53 bits per heavy atom. The molecule has 1 saturated heterocycles. The number of amides is 1. The van der Waals surface area contributed by atoms with E-state index in [2.05, 4.69) is 5.32 Å². The number of carbonyl (C=O) groups excluding carboxylic acids is 1. The van der Waals surface area contributed by atoms with Crippen LogP contribution in [0.25, 0.3) is 0 Å². The van der Waals surface area contributed by atoms with Crippen molar-refractivity contribution in [2.45, 2.75) is 0 Å². The van der Waals surface area contributed by atoms with Gasteiger partial charge in [0.25, 0.3) is 0 Å². The maximum atomic E-state index is 12.9. The minimum absolute atomic E-state index is 0.160. The minimum atomic E-state index is -0.368. The highest BCUT2D eigenvalue weighted by atomic mass is 19.1. The third-order valence-corrected chi connectivity index (χ3v) is 2.77. The highest BCUT2D eigenvalue weighted by Gasteiger charge is 2.27. The molecule has 4 nitrogen and oxygen atoms in total. The van der Waals surface area contributed by atoms with Crippen LogP contribution in [0.4, 0.5) is 10.1 Å². The summed E-state index contributed by atoms with van der Waals surface area (Å²) < 4.78 is 12.9. The normalized spacial score (nSPS) is 16.6. The van der Waals surface area contributed by atoms with E-state index in [0.717, 1.165) is 13.1 Å². The first kappa shape index (κ1) is 12.0. The molecule has 92 valence electrons. The predicted octanol–water partition coefficient (Wildman–Crippen LogP) is 0.688. The molecule has 0 spiro atoms. The summed E-state index contributed by atoms with van der Waals surface area (Å²) in [5.41, 5.74) is 0.467. The van der Waals surface area contributed by atoms with Crippen molar-refractivity contribution in [3.05, 3.63) is 30.1 Å². The molecule has 17 heavy (non-hydrogen) atoms. The van der Waals surface area contributed by atoms with Gasteiger partial charge in [0.1, 0.15) is 5.82 Å². The molecule has 1 heterocycles. The van der Waals surface area contributed by atoms with Gasteiger partial charge in [0.2, 0.25) is 5.91 Å². The number of halogens is 1. The largest absolute Gasteiger partial charge is 0.396 e. The Kier molecular flexibility index (Phi) is 3.71. The van der Waals surface area contributed by atoms with E-state index in [1.54, 1.807) is 12.1 Å². The van der Waals surface area contributed by atoms with Crippen LogP contribution in [0.1, 0.15) is 0 Å². The number of likely N-dealkylation sites (tertiary alicyclic amines) is 1. The number of benzene rings is 1. The topological polar surface area (TPSA) is 52.6 Å². The van der Waals surface area contributed by atoms with Gasteiger partial charge in [-0.2, -0.15) is 0 Å². The summed E-state index contributed by atoms with van der Waals surface area (Å²) in [7, 11) is 0. The lowest BCUT2D eigenvalue weighted by molar-refractivity contribution is -0.119. The van der Waals surface area contributed by atoms with Gasteiger partial charge in [-0.25, -0.2) is 4.39 Å². The average molecular weight is 238 g/mol. The monoisotopic (exact) mass is 238 g/mol. The number of aliphatic hydroxyl groups is 1. The molecule has 1 aromatic rings. The summed E-state index contributed by atoms with van der Waals surface area (Å²) in [6, 6.07) is 5.81. The average Bonchev–Trinajstić information content (AvgIpc) is 2.22. The molecule has 1 aliphatic heterocycles. The van der Waals surface area contributed by atoms with Crippen LogP contribution in [0.2, 0.25) is 0 Å². The molecule has 2 N–H and O–H groups in total. The molecular formula is C12H15FN2O2. The first-order chi connectivity index (χ1) is 8.17. The Balaban J connectivity index is 1.78. The fourth-order valence-corrected chi connectivity index (χ4v) is 1.89. The van der Waals surface area contributed by atoms with Crippen LogP contribution in [0, 0.1) is 11.7 Å². The van der Waals surface area contributed by atoms with Gasteiger partial charge < -0.3 is 10.4 Å². The number of anilines is 1. The molecule has 5 heteroatoms. The van der Waals surface area contributed by atoms with Gasteiger partial charge in [0, 0.05) is 31.3 Å². The number of nitrogens with zero attached hydrogens (tertiary/aromatic N) is 1. The van der Waals surface area contributed by atoms with E-state index in [0.29, 0.717) is 5.69 Å². The molecule has 1 fully saturated rings. The Bertz CT molecular complexity index is 405. The van der Waals surface area contributed by atoms with Crippen molar-refractivity contribution in [1.29, 1.82) is 0 Å². The Hall–Kier alpha value is -1.46. The molecule has 1 amide bonds. The number of hydrogen-bond donors (Lipinski definition) is 2. The van der Waals surface area contributed by atoms with Gasteiger partial charge in [0.05, 0.1) is 6.54 Å². The summed E-state index contributed by atoms with van der Waals surface area (Å²) in [4.78, 5) is 13.5. The Morgan fingerprint density at radius 3 is 2.94 bits per heavy atom. The van der Waals surface area contributed by atoms with Crippen LogP contribution in [0.15, 0.2) is 24.3 Å². The smallest absolute Gasteiger partial charge is 0.238 e. The van der Waals surface area contributed by atoms with E-state index in [9.17, 15) is 9.18 Å². The SMILES string of the molecule is O=C(CN1CC(CO)C1)Nc1cccc(F)c1. The number of nitrogens with one attached hydrogen (secondary N) is 1. The first-order valence-electron chi connectivity index (χ1n) is 5.56. The molecule has 0 aromatic heterocycles. The van der Waals surface area contributed by atoms with Crippen LogP contribution in [0.5, 0.6) is 0 Å². The van der Waals surface area contributed by atoms with E-state index >= 15 is 0 Å². The highest BCUT2D eigenvalue weighted by molar-refractivity contribution is 5.92. The number of rotatable bonds is 4. The van der Waals surface area contributed by atoms with Gasteiger partial charge in [-0.15, -0.1) is 0 Å². The summed E-state index contributed by atoms with van der Waals surface area (Å²) in [5, 5.41) is 11.5. The molecule has 1 aliphatic rings. The van der Waals surface area contributed by atoms with E-state index in [4.69, 9.17) is 5.11 Å². The van der Waals surface area contributed by atoms with Gasteiger partial charge in [-0.05, 0) is 18.2 Å². The standard InChI is InChI=1S/C12H15FN2O2/c13-10-2-1-3-11(4-10)14-12(17)7-15-5-9(6-15)8-16/h1-4,9,16H,5-8H2,(H,14,17). The maximum absolute atomic E-state index is 12.9. The molecule has 0 bridgehead atoms. The highest BCUT2D eigenvalue weighted by Crippen LogP contribution is 2.14. The lowest BCUT2D eigenvalue weighted by Gasteiger charge is -2.37. The van der Waals surface area contributed by atoms with Crippen LogP contribution in [-0.4, -0.2) is 42.2 Å². The van der Waals surface area contributed by atoms with Crippen molar-refractivity contribution in [2.24, 2.45) is 5.92 Å². The summed E-state index contributed by atoms with van der Waals surface area (Å²) in [6.45, 7) is 1.94. The number of carbonyl (C=O) groups is 1. The van der Waals surface area contributed by atoms with Crippen LogP contribution >= 0.6 is 0 Å². The lowest BCUT2D eigenvalue weighted by atomic mass is 10.0. The van der Waals surface area contributed by atoms with Crippen molar-refractivity contribution >= 4 is 11.6 Å². The van der Waals surface area contributed by atoms with Crippen molar-refractivity contribution in [1.82, 2.24) is 4.90 Å². The Morgan fingerprint density at radius 2 is 2.29 bits per heavy atom. The van der Waals surface area contributed by atoms with E-state index in [-0.39, 0.29) is 30.8 Å². The molecule has 0 unspecified atom stereocenters. The molecule has 0 radical (unpaired) electrons. The quantitative estimate of drug-likeness (QED) is 0.811. The summed E-state index contributed by atoms with van der Waals surface area (Å²) in [6.07, 6.45) is 0. The lowest BCUT2D eigenvalue weighted by Crippen LogP contribution is -2.51. The summed E-state index contributed by atoms with van der Waals surface area (Å²) in [5.74, 6) is -0.240. The molecule has 0 aliphatic carbocycles. The van der Waals surface area contributed by atoms with Crippen LogP contribution < -0.4 is 5.32 Å². The third-order valence-electron chi connectivity index (χ3n) is 2.77. The molecule has 0 atom stereocenters. The zero-order valence-electron chi connectivity index (χ0n) is 9.40. The predicted molar refractivity (Wildman–Crippen MR) is 62.0 cm³/mol. The second kappa shape index (κ2) is 5.25. The zero-order valence-corrected chi connectivity index (χ0v) is 9.40. The number of aliphatic hydroxyl groups excluding tert-OH is 1. The second-order valence-electron chi connectivity index (χ2n) is 4.30. The maximum Gasteiger partial charge on any atom is 0.238 e. The number of hydrogen-bond acceptors (Lipinski definition) is 3. The van der Waals surface area contributed by atoms with Gasteiger partial charge in [-0.1, -0.05) is 6.07 Å². The fourth-order valence-electron chi connectivity index (χ4n) is 1.89. The van der Waals surface area contributed by atoms with Gasteiger partial charge in [-0.3, -0.25) is 9.69 Å². The fraction of sp³-hybridized carbons (Fsp3) is 0.417. The van der Waals surface area contributed by atoms with Gasteiger partial charge >= 0.3 is 0 Å². The van der Waals surface area contributed by atoms with Crippen molar-refractivity contribution in [2.75, 3.05) is 31.6 Å². The van der Waals surface area contributed by atoms with Crippen LogP contribution in [-0.2, 0) is 4.79 Å². The van der Waals surface area contributed by atoms with Crippen molar-refractivity contribution < 1.29 is 14.3 Å². The zero-order chi connectivity index (χ0) is 12.3. The molecule has 0 saturated carbocycles. The third kappa shape index (κ3) is 3.25. The van der Waals surface area contributed by atoms with E-state index in [1.165, 1.54) is 12.1 Å². The van der Waals surface area contributed by atoms with Gasteiger partial charge in [0.15, 0.2) is 0 Å². The molecular weight excluding hydrogens is 223 g/mol. The Labute approximate surface area is 99.0 Å².